The average molecular weight is 434 g/mol. The molecule has 1 aliphatic heterocycles. The second-order valence-electron chi connectivity index (χ2n) is 7.06. The Kier molecular flexibility index (Phi) is 7.42. The maximum atomic E-state index is 11.7. The molecule has 2 heterocycles. The Bertz CT molecular complexity index is 924. The van der Waals surface area contributed by atoms with Gasteiger partial charge in [-0.2, -0.15) is 0 Å². The van der Waals surface area contributed by atoms with Gasteiger partial charge >= 0.3 is 0 Å². The van der Waals surface area contributed by atoms with Crippen LogP contribution in [0.3, 0.4) is 0 Å². The zero-order valence-corrected chi connectivity index (χ0v) is 17.1. The molecule has 2 amide bonds. The minimum atomic E-state index is -0.569. The highest BCUT2D eigenvalue weighted by Crippen LogP contribution is 2.35. The van der Waals surface area contributed by atoms with Crippen molar-refractivity contribution in [1.82, 2.24) is 15.4 Å². The largest absolute Gasteiger partial charge is 0.491 e. The molecule has 160 valence electrons. The van der Waals surface area contributed by atoms with Gasteiger partial charge in [-0.1, -0.05) is 30.5 Å². The zero-order valence-electron chi connectivity index (χ0n) is 16.4. The van der Waals surface area contributed by atoms with Crippen molar-refractivity contribution in [3.63, 3.8) is 0 Å². The molecule has 2 aromatic rings. The number of carbonyl (C=O) groups excluding carboxylic acids is 2. The number of nitrogens with two attached hydrogens (primary N) is 1. The van der Waals surface area contributed by atoms with Gasteiger partial charge in [-0.15, -0.1) is 0 Å². The van der Waals surface area contributed by atoms with Crippen molar-refractivity contribution in [1.29, 1.82) is 0 Å². The molecule has 10 heteroatoms. The molecule has 9 nitrogen and oxygen atoms in total. The second kappa shape index (κ2) is 10.2. The number of hydroxylamine groups is 1. The number of carbonyl (C=O) groups is 2. The molecule has 1 atom stereocenters. The van der Waals surface area contributed by atoms with E-state index in [1.165, 1.54) is 6.20 Å². The second-order valence-corrected chi connectivity index (χ2v) is 7.49. The van der Waals surface area contributed by atoms with Crippen molar-refractivity contribution in [2.75, 3.05) is 11.9 Å². The van der Waals surface area contributed by atoms with Crippen LogP contribution in [0.4, 0.5) is 5.95 Å². The first-order valence-corrected chi connectivity index (χ1v) is 10.1. The number of aryl methyl sites for hydroxylation is 1. The number of fused-ring (bicyclic) bond motifs is 1. The molecule has 0 saturated carbocycles. The van der Waals surface area contributed by atoms with E-state index in [1.54, 1.807) is 17.6 Å². The highest BCUT2D eigenvalue weighted by molar-refractivity contribution is 6.30. The summed E-state index contributed by atoms with van der Waals surface area (Å²) in [4.78, 5) is 31.5. The quantitative estimate of drug-likeness (QED) is 0.256. The summed E-state index contributed by atoms with van der Waals surface area (Å²) in [6.45, 7) is 0.424. The van der Waals surface area contributed by atoms with E-state index in [4.69, 9.17) is 27.3 Å². The SMILES string of the molecule is NC(=O)c1cnc(NC2COc3cc(Cl)ccc32)nc1CCCCCCC(=O)NO. The van der Waals surface area contributed by atoms with Gasteiger partial charge in [-0.25, -0.2) is 15.4 Å². The van der Waals surface area contributed by atoms with E-state index < -0.39 is 11.8 Å². The Morgan fingerprint density at radius 1 is 1.27 bits per heavy atom. The fraction of sp³-hybridized carbons (Fsp3) is 0.400. The molecule has 1 unspecified atom stereocenters. The minimum Gasteiger partial charge on any atom is -0.491 e. The molecule has 0 saturated heterocycles. The van der Waals surface area contributed by atoms with Gasteiger partial charge in [0.25, 0.3) is 5.91 Å². The van der Waals surface area contributed by atoms with Crippen LogP contribution in [0, 0.1) is 0 Å². The Balaban J connectivity index is 1.61. The third-order valence-corrected chi connectivity index (χ3v) is 5.12. The number of amides is 2. The molecule has 1 aromatic carbocycles. The van der Waals surface area contributed by atoms with E-state index in [0.29, 0.717) is 41.7 Å². The summed E-state index contributed by atoms with van der Waals surface area (Å²) in [5.74, 6) is 0.160. The molecule has 0 bridgehead atoms. The first kappa shape index (κ1) is 21.8. The third kappa shape index (κ3) is 5.58. The van der Waals surface area contributed by atoms with Gasteiger partial charge in [-0.3, -0.25) is 14.8 Å². The van der Waals surface area contributed by atoms with Crippen molar-refractivity contribution in [2.24, 2.45) is 5.73 Å². The summed E-state index contributed by atoms with van der Waals surface area (Å²) >= 11 is 6.00. The van der Waals surface area contributed by atoms with Crippen molar-refractivity contribution in [3.8, 4) is 5.75 Å². The number of aromatic nitrogens is 2. The molecular weight excluding hydrogens is 410 g/mol. The van der Waals surface area contributed by atoms with Crippen LogP contribution < -0.4 is 21.3 Å². The fourth-order valence-electron chi connectivity index (χ4n) is 3.33. The van der Waals surface area contributed by atoms with Gasteiger partial charge in [0, 0.05) is 23.2 Å². The van der Waals surface area contributed by atoms with Crippen LogP contribution in [-0.4, -0.2) is 33.6 Å². The van der Waals surface area contributed by atoms with E-state index in [0.717, 1.165) is 30.6 Å². The fourth-order valence-corrected chi connectivity index (χ4v) is 3.49. The van der Waals surface area contributed by atoms with E-state index >= 15 is 0 Å². The molecule has 30 heavy (non-hydrogen) atoms. The third-order valence-electron chi connectivity index (χ3n) is 4.89. The number of halogens is 1. The van der Waals surface area contributed by atoms with Gasteiger partial charge in [0.15, 0.2) is 0 Å². The van der Waals surface area contributed by atoms with Gasteiger partial charge in [0.2, 0.25) is 11.9 Å². The van der Waals surface area contributed by atoms with Crippen molar-refractivity contribution >= 4 is 29.4 Å². The molecule has 3 rings (SSSR count). The number of rotatable bonds is 10. The monoisotopic (exact) mass is 433 g/mol. The first-order chi connectivity index (χ1) is 14.5. The average Bonchev–Trinajstić information content (AvgIpc) is 3.11. The smallest absolute Gasteiger partial charge is 0.252 e. The van der Waals surface area contributed by atoms with Crippen molar-refractivity contribution in [3.05, 3.63) is 46.2 Å². The summed E-state index contributed by atoms with van der Waals surface area (Å²) < 4.78 is 5.66. The lowest BCUT2D eigenvalue weighted by Crippen LogP contribution is -2.19. The molecule has 5 N–H and O–H groups in total. The molecule has 0 fully saturated rings. The number of hydrogen-bond donors (Lipinski definition) is 4. The van der Waals surface area contributed by atoms with E-state index in [1.807, 2.05) is 6.07 Å². The van der Waals surface area contributed by atoms with Crippen LogP contribution in [0.15, 0.2) is 24.4 Å². The van der Waals surface area contributed by atoms with Crippen LogP contribution in [0.1, 0.15) is 59.8 Å². The number of unbranched alkanes of at least 4 members (excludes halogenated alkanes) is 3. The predicted molar refractivity (Wildman–Crippen MR) is 111 cm³/mol. The summed E-state index contributed by atoms with van der Waals surface area (Å²) in [5, 5.41) is 12.3. The molecule has 1 aromatic heterocycles. The molecule has 1 aliphatic rings. The Morgan fingerprint density at radius 2 is 2.07 bits per heavy atom. The predicted octanol–water partition coefficient (Wildman–Crippen LogP) is 2.77. The molecule has 0 aliphatic carbocycles. The van der Waals surface area contributed by atoms with Crippen LogP contribution in [-0.2, 0) is 11.2 Å². The number of benzene rings is 1. The van der Waals surface area contributed by atoms with E-state index in [2.05, 4.69) is 15.3 Å². The lowest BCUT2D eigenvalue weighted by atomic mass is 10.1. The highest BCUT2D eigenvalue weighted by atomic mass is 35.5. The first-order valence-electron chi connectivity index (χ1n) is 9.75. The summed E-state index contributed by atoms with van der Waals surface area (Å²) in [6.07, 6.45) is 5.43. The molecular formula is C20H24ClN5O4. The number of ether oxygens (including phenoxy) is 1. The standard InChI is InChI=1S/C20H24ClN5O4/c21-12-7-8-13-16(11-30-17(13)9-12)25-20-23-10-14(19(22)28)15(24-20)5-3-1-2-4-6-18(27)26-29/h7-10,16,29H,1-6,11H2,(H2,22,28)(H,26,27)(H,23,24,25). The van der Waals surface area contributed by atoms with E-state index in [-0.39, 0.29) is 12.5 Å². The van der Waals surface area contributed by atoms with Crippen LogP contribution >= 0.6 is 11.6 Å². The maximum Gasteiger partial charge on any atom is 0.252 e. The number of anilines is 1. The van der Waals surface area contributed by atoms with Crippen LogP contribution in [0.5, 0.6) is 5.75 Å². The van der Waals surface area contributed by atoms with Gasteiger partial charge in [-0.05, 0) is 31.4 Å². The van der Waals surface area contributed by atoms with Crippen LogP contribution in [0.2, 0.25) is 5.02 Å². The minimum absolute atomic E-state index is 0.123. The van der Waals surface area contributed by atoms with E-state index in [9.17, 15) is 9.59 Å². The molecule has 0 radical (unpaired) electrons. The van der Waals surface area contributed by atoms with Crippen LogP contribution in [0.25, 0.3) is 0 Å². The number of hydrogen-bond acceptors (Lipinski definition) is 7. The number of nitrogens with zero attached hydrogens (tertiary/aromatic N) is 2. The lowest BCUT2D eigenvalue weighted by molar-refractivity contribution is -0.129. The maximum absolute atomic E-state index is 11.7. The van der Waals surface area contributed by atoms with Crippen molar-refractivity contribution < 1.29 is 19.5 Å². The number of nitrogens with one attached hydrogen (secondary N) is 2. The zero-order chi connectivity index (χ0) is 21.5. The van der Waals surface area contributed by atoms with Gasteiger partial charge in [0.1, 0.15) is 12.4 Å². The summed E-state index contributed by atoms with van der Waals surface area (Å²) in [6, 6.07) is 5.35. The highest BCUT2D eigenvalue weighted by Gasteiger charge is 2.25. The van der Waals surface area contributed by atoms with Gasteiger partial charge in [0.05, 0.1) is 17.3 Å². The Hall–Kier alpha value is -2.91. The Morgan fingerprint density at radius 3 is 2.83 bits per heavy atom. The number of primary amides is 1. The summed E-state index contributed by atoms with van der Waals surface area (Å²) in [5.41, 5.74) is 8.94. The van der Waals surface area contributed by atoms with Gasteiger partial charge < -0.3 is 15.8 Å². The topological polar surface area (TPSA) is 139 Å². The normalized spacial score (nSPS) is 14.7. The van der Waals surface area contributed by atoms with Crippen molar-refractivity contribution in [2.45, 2.75) is 44.6 Å². The lowest BCUT2D eigenvalue weighted by Gasteiger charge is -2.14. The Labute approximate surface area is 178 Å². The molecule has 0 spiro atoms. The summed E-state index contributed by atoms with van der Waals surface area (Å²) in [7, 11) is 0.